The van der Waals surface area contributed by atoms with Crippen LogP contribution in [-0.4, -0.2) is 31.9 Å². The van der Waals surface area contributed by atoms with Crippen molar-refractivity contribution in [3.05, 3.63) is 17.0 Å². The Hall–Kier alpha value is -1.25. The van der Waals surface area contributed by atoms with E-state index in [1.165, 1.54) is 16.2 Å². The topological polar surface area (TPSA) is 97.5 Å². The lowest BCUT2D eigenvalue weighted by molar-refractivity contribution is -0.117. The highest BCUT2D eigenvalue weighted by Gasteiger charge is 2.39. The Bertz CT molecular complexity index is 685. The largest absolute Gasteiger partial charge is 0.302 e. The molecule has 116 valence electrons. The zero-order chi connectivity index (χ0) is 16.0. The van der Waals surface area contributed by atoms with E-state index in [4.69, 9.17) is 5.14 Å². The van der Waals surface area contributed by atoms with E-state index >= 15 is 0 Å². The zero-order valence-electron chi connectivity index (χ0n) is 12.1. The minimum atomic E-state index is -3.76. The van der Waals surface area contributed by atoms with E-state index < -0.39 is 20.7 Å². The first-order chi connectivity index (χ1) is 9.51. The minimum Gasteiger partial charge on any atom is -0.302 e. The molecule has 1 aliphatic rings. The number of ketones is 1. The Kier molecular flexibility index (Phi) is 3.98. The number of primary sulfonamides is 1. The fourth-order valence-corrected chi connectivity index (χ4v) is 3.83. The maximum absolute atomic E-state index is 12.4. The Labute approximate surface area is 128 Å². The molecule has 1 fully saturated rings. The summed E-state index contributed by atoms with van der Waals surface area (Å²) in [5.74, 6) is -0.398. The second-order valence-corrected chi connectivity index (χ2v) is 8.88. The summed E-state index contributed by atoms with van der Waals surface area (Å²) in [5.41, 5.74) is -0.117. The van der Waals surface area contributed by atoms with E-state index in [1.54, 1.807) is 32.2 Å². The van der Waals surface area contributed by atoms with Crippen LogP contribution in [0.4, 0.5) is 5.00 Å². The molecule has 0 spiro atoms. The summed E-state index contributed by atoms with van der Waals surface area (Å²) in [6, 6.07) is 1.67. The molecular weight excluding hydrogens is 312 g/mol. The standard InChI is InChI=1S/C13H18N2O4S2/c1-13(2,3)11(17)9-4-5-20-12(9)15-7-8(6-10(15)16)21(14,18)19/h4-5,8H,6-7H2,1-3H3,(H2,14,18,19). The monoisotopic (exact) mass is 330 g/mol. The summed E-state index contributed by atoms with van der Waals surface area (Å²) >= 11 is 1.26. The summed E-state index contributed by atoms with van der Waals surface area (Å²) in [4.78, 5) is 25.8. The number of carbonyl (C=O) groups excluding carboxylic acids is 2. The molecule has 0 radical (unpaired) electrons. The lowest BCUT2D eigenvalue weighted by Crippen LogP contribution is -2.32. The number of nitrogens with zero attached hydrogens (tertiary/aromatic N) is 1. The normalized spacial score (nSPS) is 20.1. The third-order valence-corrected chi connectivity index (χ3v) is 5.55. The molecule has 0 aliphatic carbocycles. The molecule has 1 amide bonds. The first kappa shape index (κ1) is 16.1. The molecule has 1 aromatic rings. The van der Waals surface area contributed by atoms with E-state index in [9.17, 15) is 18.0 Å². The molecule has 1 unspecified atom stereocenters. The van der Waals surface area contributed by atoms with E-state index in [-0.39, 0.29) is 24.7 Å². The van der Waals surface area contributed by atoms with Gasteiger partial charge in [-0.3, -0.25) is 9.59 Å². The average Bonchev–Trinajstić information content (AvgIpc) is 2.91. The Balaban J connectivity index is 2.35. The molecule has 0 aromatic carbocycles. The number of rotatable bonds is 3. The SMILES string of the molecule is CC(C)(C)C(=O)c1ccsc1N1CC(S(N)(=O)=O)CC1=O. The zero-order valence-corrected chi connectivity index (χ0v) is 13.8. The smallest absolute Gasteiger partial charge is 0.229 e. The van der Waals surface area contributed by atoms with Gasteiger partial charge in [0.2, 0.25) is 15.9 Å². The van der Waals surface area contributed by atoms with Gasteiger partial charge in [0.05, 0.1) is 5.56 Å². The quantitative estimate of drug-likeness (QED) is 0.846. The summed E-state index contributed by atoms with van der Waals surface area (Å²) in [7, 11) is -3.76. The summed E-state index contributed by atoms with van der Waals surface area (Å²) in [6.07, 6.45) is -0.139. The van der Waals surface area contributed by atoms with Gasteiger partial charge in [-0.25, -0.2) is 13.6 Å². The highest BCUT2D eigenvalue weighted by atomic mass is 32.2. The molecule has 1 aromatic heterocycles. The molecule has 1 atom stereocenters. The number of nitrogens with two attached hydrogens (primary N) is 1. The molecule has 6 nitrogen and oxygen atoms in total. The number of anilines is 1. The third-order valence-electron chi connectivity index (χ3n) is 3.37. The van der Waals surface area contributed by atoms with Crippen LogP contribution in [-0.2, 0) is 14.8 Å². The van der Waals surface area contributed by atoms with Gasteiger partial charge < -0.3 is 4.90 Å². The molecule has 21 heavy (non-hydrogen) atoms. The number of amides is 1. The number of thiophene rings is 1. The minimum absolute atomic E-state index is 0.00258. The van der Waals surface area contributed by atoms with Gasteiger partial charge in [-0.1, -0.05) is 20.8 Å². The number of hydrogen-bond donors (Lipinski definition) is 1. The number of Topliss-reactive ketones (excluding diaryl/α,β-unsaturated/α-hetero) is 1. The lowest BCUT2D eigenvalue weighted by atomic mass is 9.87. The lowest BCUT2D eigenvalue weighted by Gasteiger charge is -2.20. The van der Waals surface area contributed by atoms with Crippen molar-refractivity contribution in [3.8, 4) is 0 Å². The van der Waals surface area contributed by atoms with Crippen molar-refractivity contribution < 1.29 is 18.0 Å². The van der Waals surface area contributed by atoms with Crippen LogP contribution in [0.3, 0.4) is 0 Å². The Morgan fingerprint density at radius 2 is 2.05 bits per heavy atom. The van der Waals surface area contributed by atoms with Crippen molar-refractivity contribution >= 4 is 38.1 Å². The van der Waals surface area contributed by atoms with E-state index in [0.29, 0.717) is 10.6 Å². The average molecular weight is 330 g/mol. The molecule has 2 rings (SSSR count). The van der Waals surface area contributed by atoms with Gasteiger partial charge in [0.15, 0.2) is 5.78 Å². The van der Waals surface area contributed by atoms with Gasteiger partial charge in [-0.15, -0.1) is 11.3 Å². The first-order valence-electron chi connectivity index (χ1n) is 6.46. The van der Waals surface area contributed by atoms with E-state index in [1.807, 2.05) is 0 Å². The molecule has 8 heteroatoms. The summed E-state index contributed by atoms with van der Waals surface area (Å²) < 4.78 is 22.8. The predicted octanol–water partition coefficient (Wildman–Crippen LogP) is 1.37. The van der Waals surface area contributed by atoms with Crippen LogP contribution in [0.2, 0.25) is 0 Å². The van der Waals surface area contributed by atoms with Gasteiger partial charge in [0.1, 0.15) is 10.3 Å². The first-order valence-corrected chi connectivity index (χ1v) is 8.95. The van der Waals surface area contributed by atoms with Crippen molar-refractivity contribution in [3.63, 3.8) is 0 Å². The van der Waals surface area contributed by atoms with Crippen molar-refractivity contribution in [2.45, 2.75) is 32.4 Å². The van der Waals surface area contributed by atoms with Gasteiger partial charge in [0.25, 0.3) is 0 Å². The van der Waals surface area contributed by atoms with Gasteiger partial charge in [0, 0.05) is 18.4 Å². The van der Waals surface area contributed by atoms with Crippen LogP contribution in [0.1, 0.15) is 37.6 Å². The highest BCUT2D eigenvalue weighted by Crippen LogP contribution is 2.35. The van der Waals surface area contributed by atoms with Gasteiger partial charge >= 0.3 is 0 Å². The van der Waals surface area contributed by atoms with Gasteiger partial charge in [-0.05, 0) is 11.4 Å². The maximum Gasteiger partial charge on any atom is 0.229 e. The van der Waals surface area contributed by atoms with E-state index in [0.717, 1.165) is 0 Å². The van der Waals surface area contributed by atoms with Crippen LogP contribution < -0.4 is 10.0 Å². The predicted molar refractivity (Wildman–Crippen MR) is 82.0 cm³/mol. The molecule has 2 N–H and O–H groups in total. The van der Waals surface area contributed by atoms with Crippen LogP contribution in [0.15, 0.2) is 11.4 Å². The van der Waals surface area contributed by atoms with Gasteiger partial charge in [-0.2, -0.15) is 0 Å². The fraction of sp³-hybridized carbons (Fsp3) is 0.538. The van der Waals surface area contributed by atoms with Crippen LogP contribution in [0, 0.1) is 5.41 Å². The molecule has 2 heterocycles. The van der Waals surface area contributed by atoms with Crippen LogP contribution >= 0.6 is 11.3 Å². The molecule has 0 saturated carbocycles. The van der Waals surface area contributed by atoms with Crippen molar-refractivity contribution in [1.82, 2.24) is 0 Å². The number of carbonyl (C=O) groups is 2. The highest BCUT2D eigenvalue weighted by molar-refractivity contribution is 7.89. The maximum atomic E-state index is 12.4. The van der Waals surface area contributed by atoms with Crippen molar-refractivity contribution in [2.75, 3.05) is 11.4 Å². The van der Waals surface area contributed by atoms with Crippen LogP contribution in [0.25, 0.3) is 0 Å². The Morgan fingerprint density at radius 3 is 2.52 bits per heavy atom. The number of hydrogen-bond acceptors (Lipinski definition) is 5. The Morgan fingerprint density at radius 1 is 1.43 bits per heavy atom. The molecular formula is C13H18N2O4S2. The van der Waals surface area contributed by atoms with Crippen molar-refractivity contribution in [2.24, 2.45) is 10.6 Å². The summed E-state index contributed by atoms with van der Waals surface area (Å²) in [5, 5.41) is 6.44. The summed E-state index contributed by atoms with van der Waals surface area (Å²) in [6.45, 7) is 5.41. The third kappa shape index (κ3) is 3.17. The molecule has 1 saturated heterocycles. The second-order valence-electron chi connectivity index (χ2n) is 6.14. The fourth-order valence-electron chi connectivity index (χ4n) is 2.18. The molecule has 1 aliphatic heterocycles. The second kappa shape index (κ2) is 5.19. The van der Waals surface area contributed by atoms with Crippen LogP contribution in [0.5, 0.6) is 0 Å². The molecule has 0 bridgehead atoms. The number of sulfonamides is 1. The van der Waals surface area contributed by atoms with E-state index in [2.05, 4.69) is 0 Å². The van der Waals surface area contributed by atoms with Crippen molar-refractivity contribution in [1.29, 1.82) is 0 Å².